The molecule has 40 heavy (non-hydrogen) atoms. The first-order chi connectivity index (χ1) is 16.1. The topological polar surface area (TPSA) is 316 Å². The molecule has 0 atom stereocenters. The van der Waals surface area contributed by atoms with Crippen LogP contribution in [0.15, 0.2) is 0 Å². The minimum atomic E-state index is -1.53. The predicted octanol–water partition coefficient (Wildman–Crippen LogP) is -19.0. The van der Waals surface area contributed by atoms with Gasteiger partial charge in [0.2, 0.25) is 0 Å². The van der Waals surface area contributed by atoms with E-state index in [-0.39, 0.29) is 131 Å². The molecular formula is C18H28N2Na4O16. The molecule has 0 unspecified atom stereocenters. The number of rotatable bonds is 11. The van der Waals surface area contributed by atoms with Gasteiger partial charge in [0.1, 0.15) is 0 Å². The molecule has 0 aliphatic carbocycles. The fourth-order valence-electron chi connectivity index (χ4n) is 1.44. The maximum Gasteiger partial charge on any atom is 1.00 e. The van der Waals surface area contributed by atoms with Crippen molar-refractivity contribution in [3.8, 4) is 0 Å². The van der Waals surface area contributed by atoms with Crippen molar-refractivity contribution in [1.29, 1.82) is 0 Å². The van der Waals surface area contributed by atoms with E-state index in [1.165, 1.54) is 0 Å². The number of hydrogen-bond donors (Lipinski definition) is 4. The number of carbonyl (C=O) groups excluding carboxylic acids is 4. The number of aliphatic carboxylic acids is 8. The first kappa shape index (κ1) is 63.1. The predicted molar refractivity (Wildman–Crippen MR) is 106 cm³/mol. The fourth-order valence-corrected chi connectivity index (χ4v) is 1.44. The SMILES string of the molecule is CC(=O)O.CC(=O)O.CC(=O)O.CC(=O)O.O=C([O-])CN(CCN(CC(=O)[O-])CC(=O)[O-])CC(=O)[O-].[Na+].[Na+].[Na+].[Na+]. The van der Waals surface area contributed by atoms with Gasteiger partial charge < -0.3 is 60.0 Å². The van der Waals surface area contributed by atoms with Crippen LogP contribution >= 0.6 is 0 Å². The van der Waals surface area contributed by atoms with Crippen LogP contribution in [0.1, 0.15) is 27.7 Å². The Kier molecular flexibility index (Phi) is 68.0. The summed E-state index contributed by atoms with van der Waals surface area (Å²) in [5.74, 6) is -9.45. The van der Waals surface area contributed by atoms with Gasteiger partial charge in [-0.25, -0.2) is 0 Å². The third-order valence-corrected chi connectivity index (χ3v) is 2.14. The average Bonchev–Trinajstić information content (AvgIpc) is 2.55. The second-order valence-corrected chi connectivity index (χ2v) is 5.99. The molecule has 0 amide bonds. The summed E-state index contributed by atoms with van der Waals surface area (Å²) < 4.78 is 0. The summed E-state index contributed by atoms with van der Waals surface area (Å²) >= 11 is 0. The summed E-state index contributed by atoms with van der Waals surface area (Å²) in [6.45, 7) is 1.08. The second kappa shape index (κ2) is 43.1. The molecule has 18 nitrogen and oxygen atoms in total. The van der Waals surface area contributed by atoms with Gasteiger partial charge in [-0.15, -0.1) is 0 Å². The van der Waals surface area contributed by atoms with E-state index in [1.807, 2.05) is 0 Å². The van der Waals surface area contributed by atoms with E-state index in [1.54, 1.807) is 0 Å². The quantitative estimate of drug-likeness (QED) is 0.156. The molecular weight excluding hydrogens is 592 g/mol. The van der Waals surface area contributed by atoms with Crippen molar-refractivity contribution < 1.29 is 197 Å². The summed E-state index contributed by atoms with van der Waals surface area (Å²) in [4.78, 5) is 79.4. The molecule has 4 N–H and O–H groups in total. The van der Waals surface area contributed by atoms with Crippen LogP contribution in [0.4, 0.5) is 0 Å². The van der Waals surface area contributed by atoms with Crippen molar-refractivity contribution in [2.75, 3.05) is 39.3 Å². The zero-order chi connectivity index (χ0) is 30.0. The Hall–Kier alpha value is -0.320. The Morgan fingerprint density at radius 3 is 0.600 bits per heavy atom. The van der Waals surface area contributed by atoms with E-state index in [0.29, 0.717) is 0 Å². The van der Waals surface area contributed by atoms with Gasteiger partial charge in [0.05, 0.1) is 23.9 Å². The number of nitrogens with zero attached hydrogens (tertiary/aromatic N) is 2. The fraction of sp³-hybridized carbons (Fsp3) is 0.556. The van der Waals surface area contributed by atoms with Gasteiger partial charge in [-0.05, 0) is 0 Å². The van der Waals surface area contributed by atoms with Crippen LogP contribution in [-0.2, 0) is 38.4 Å². The zero-order valence-corrected chi connectivity index (χ0v) is 31.8. The first-order valence-corrected chi connectivity index (χ1v) is 9.16. The van der Waals surface area contributed by atoms with Crippen LogP contribution < -0.4 is 139 Å². The molecule has 22 heteroatoms. The summed E-state index contributed by atoms with van der Waals surface area (Å²) in [5.41, 5.74) is 0. The third-order valence-electron chi connectivity index (χ3n) is 2.14. The number of hydrogen-bond acceptors (Lipinski definition) is 14. The zero-order valence-electron chi connectivity index (χ0n) is 23.8. The molecule has 0 aromatic rings. The Morgan fingerprint density at radius 1 is 0.425 bits per heavy atom. The van der Waals surface area contributed by atoms with E-state index in [0.717, 1.165) is 37.5 Å². The normalized spacial score (nSPS) is 7.85. The van der Waals surface area contributed by atoms with Crippen LogP contribution in [0.3, 0.4) is 0 Å². The van der Waals surface area contributed by atoms with Crippen LogP contribution in [0, 0.1) is 0 Å². The molecule has 0 radical (unpaired) electrons. The molecule has 0 bridgehead atoms. The van der Waals surface area contributed by atoms with E-state index < -0.39 is 73.9 Å². The summed E-state index contributed by atoms with van der Waals surface area (Å²) in [5, 5.41) is 71.3. The minimum Gasteiger partial charge on any atom is -0.549 e. The molecule has 0 saturated carbocycles. The van der Waals surface area contributed by atoms with Gasteiger partial charge in [0, 0.05) is 67.0 Å². The molecule has 0 saturated heterocycles. The van der Waals surface area contributed by atoms with Gasteiger partial charge in [-0.2, -0.15) is 0 Å². The van der Waals surface area contributed by atoms with E-state index in [9.17, 15) is 39.6 Å². The molecule has 0 rings (SSSR count). The van der Waals surface area contributed by atoms with Crippen LogP contribution in [0.5, 0.6) is 0 Å². The standard InChI is InChI=1S/C10H16N2O8.4C2H4O2.4Na/c13-7(14)3-11(4-8(15)16)1-2-12(5-9(17)18)6-10(19)20;4*1-2(3)4;;;;/h1-6H2,(H,13,14)(H,15,16)(H,17,18)(H,19,20);4*1H3,(H,3,4);;;;/q;;;;;4*+1/p-4. The number of carboxylic acid groups (broad SMARTS) is 8. The van der Waals surface area contributed by atoms with Crippen molar-refractivity contribution in [1.82, 2.24) is 9.80 Å². The summed E-state index contributed by atoms with van der Waals surface area (Å²) in [6, 6.07) is 0. The molecule has 0 aliphatic rings. The van der Waals surface area contributed by atoms with Crippen LogP contribution in [0.25, 0.3) is 0 Å². The molecule has 0 heterocycles. The maximum atomic E-state index is 10.4. The monoisotopic (exact) mass is 620 g/mol. The van der Waals surface area contributed by atoms with Gasteiger partial charge in [-0.3, -0.25) is 29.0 Å². The van der Waals surface area contributed by atoms with Crippen LogP contribution in [-0.4, -0.2) is 117 Å². The Bertz CT molecular complexity index is 609. The van der Waals surface area contributed by atoms with E-state index in [4.69, 9.17) is 39.6 Å². The molecule has 0 fully saturated rings. The molecule has 210 valence electrons. The van der Waals surface area contributed by atoms with Gasteiger partial charge in [-0.1, -0.05) is 0 Å². The van der Waals surface area contributed by atoms with E-state index in [2.05, 4.69) is 0 Å². The summed E-state index contributed by atoms with van der Waals surface area (Å²) in [6.07, 6.45) is 0. The Labute approximate surface area is 318 Å². The van der Waals surface area contributed by atoms with Crippen molar-refractivity contribution in [3.63, 3.8) is 0 Å². The van der Waals surface area contributed by atoms with E-state index >= 15 is 0 Å². The Balaban J connectivity index is -0.0000000568. The smallest absolute Gasteiger partial charge is 0.549 e. The second-order valence-electron chi connectivity index (χ2n) is 5.99. The molecule has 0 spiro atoms. The largest absolute Gasteiger partial charge is 1.00 e. The van der Waals surface area contributed by atoms with Gasteiger partial charge >= 0.3 is 118 Å². The minimum absolute atomic E-state index is 0. The Morgan fingerprint density at radius 2 is 0.525 bits per heavy atom. The van der Waals surface area contributed by atoms with Crippen LogP contribution in [0.2, 0.25) is 0 Å². The van der Waals surface area contributed by atoms with Crippen molar-refractivity contribution >= 4 is 47.8 Å². The van der Waals surface area contributed by atoms with Gasteiger partial charge in [0.15, 0.2) is 0 Å². The van der Waals surface area contributed by atoms with Crippen molar-refractivity contribution in [3.05, 3.63) is 0 Å². The van der Waals surface area contributed by atoms with Crippen molar-refractivity contribution in [2.24, 2.45) is 0 Å². The number of carboxylic acids is 8. The number of carbonyl (C=O) groups is 8. The van der Waals surface area contributed by atoms with Crippen molar-refractivity contribution in [2.45, 2.75) is 27.7 Å². The summed E-state index contributed by atoms with van der Waals surface area (Å²) in [7, 11) is 0. The molecule has 0 aliphatic heterocycles. The average molecular weight is 620 g/mol. The molecule has 0 aromatic carbocycles. The maximum absolute atomic E-state index is 10.4. The van der Waals surface area contributed by atoms with Gasteiger partial charge in [0.25, 0.3) is 23.9 Å². The third kappa shape index (κ3) is 119. The first-order valence-electron chi connectivity index (χ1n) is 9.16. The molecule has 0 aromatic heterocycles.